The summed E-state index contributed by atoms with van der Waals surface area (Å²) in [4.78, 5) is 0. The fourth-order valence-corrected chi connectivity index (χ4v) is 1.97. The van der Waals surface area contributed by atoms with Crippen LogP contribution in [0.2, 0.25) is 0 Å². The molecule has 3 heteroatoms. The van der Waals surface area contributed by atoms with E-state index >= 15 is 0 Å². The van der Waals surface area contributed by atoms with Crippen LogP contribution < -0.4 is 0 Å². The first kappa shape index (κ1) is 10.6. The van der Waals surface area contributed by atoms with Gasteiger partial charge in [0.15, 0.2) is 0 Å². The van der Waals surface area contributed by atoms with Gasteiger partial charge in [0.25, 0.3) is 0 Å². The lowest BCUT2D eigenvalue weighted by molar-refractivity contribution is 0.470. The molecule has 3 nitrogen and oxygen atoms in total. The fourth-order valence-electron chi connectivity index (χ4n) is 1.97. The van der Waals surface area contributed by atoms with Crippen molar-refractivity contribution in [1.29, 1.82) is 0 Å². The molecule has 0 fully saturated rings. The van der Waals surface area contributed by atoms with Crippen LogP contribution in [0, 0.1) is 0 Å². The minimum absolute atomic E-state index is 0.221. The minimum atomic E-state index is 0.221. The van der Waals surface area contributed by atoms with Gasteiger partial charge in [-0.25, -0.2) is 4.68 Å². The largest absolute Gasteiger partial charge is 0.506 e. The lowest BCUT2D eigenvalue weighted by atomic mass is 10.1. The Kier molecular flexibility index (Phi) is 2.57. The van der Waals surface area contributed by atoms with Crippen molar-refractivity contribution in [2.45, 2.75) is 0 Å². The van der Waals surface area contributed by atoms with E-state index in [1.807, 2.05) is 48.5 Å². The lowest BCUT2D eigenvalue weighted by Crippen LogP contribution is -1.98. The highest BCUT2D eigenvalue weighted by Crippen LogP contribution is 2.26. The Morgan fingerprint density at radius 2 is 1.56 bits per heavy atom. The second-order valence-electron chi connectivity index (χ2n) is 3.98. The molecule has 0 bridgehead atoms. The summed E-state index contributed by atoms with van der Waals surface area (Å²) in [6.07, 6.45) is 1.73. The van der Waals surface area contributed by atoms with Gasteiger partial charge in [-0.3, -0.25) is 0 Å². The zero-order chi connectivity index (χ0) is 12.4. The standard InChI is InChI=1S/C15H12N2O/c18-15-9-5-4-8-14(15)17-13(10-11-16-17)12-6-2-1-3-7-12/h1-11,18H. The number of phenolic OH excluding ortho intramolecular Hbond substituents is 1. The Bertz CT molecular complexity index is 659. The number of para-hydroxylation sites is 2. The SMILES string of the molecule is Oc1ccccc1-n1nccc1-c1ccccc1. The smallest absolute Gasteiger partial charge is 0.141 e. The van der Waals surface area contributed by atoms with Crippen molar-refractivity contribution in [3.63, 3.8) is 0 Å². The van der Waals surface area contributed by atoms with Crippen molar-refractivity contribution in [1.82, 2.24) is 9.78 Å². The zero-order valence-corrected chi connectivity index (χ0v) is 9.69. The quantitative estimate of drug-likeness (QED) is 0.741. The van der Waals surface area contributed by atoms with Gasteiger partial charge in [-0.2, -0.15) is 5.10 Å². The Labute approximate surface area is 105 Å². The van der Waals surface area contributed by atoms with Crippen molar-refractivity contribution >= 4 is 0 Å². The van der Waals surface area contributed by atoms with Crippen LogP contribution in [0.5, 0.6) is 5.75 Å². The van der Waals surface area contributed by atoms with Gasteiger partial charge in [0.2, 0.25) is 0 Å². The van der Waals surface area contributed by atoms with Gasteiger partial charge in [-0.1, -0.05) is 42.5 Å². The minimum Gasteiger partial charge on any atom is -0.506 e. The van der Waals surface area contributed by atoms with E-state index in [2.05, 4.69) is 5.10 Å². The lowest BCUT2D eigenvalue weighted by Gasteiger charge is -2.09. The fraction of sp³-hybridized carbons (Fsp3) is 0. The van der Waals surface area contributed by atoms with Crippen molar-refractivity contribution in [3.8, 4) is 22.7 Å². The Balaban J connectivity index is 2.16. The molecule has 3 aromatic rings. The number of rotatable bonds is 2. The number of benzene rings is 2. The molecule has 0 saturated carbocycles. The van der Waals surface area contributed by atoms with Gasteiger partial charge in [-0.15, -0.1) is 0 Å². The first-order valence-electron chi connectivity index (χ1n) is 5.74. The predicted molar refractivity (Wildman–Crippen MR) is 70.7 cm³/mol. The predicted octanol–water partition coefficient (Wildman–Crippen LogP) is 3.24. The summed E-state index contributed by atoms with van der Waals surface area (Å²) >= 11 is 0. The van der Waals surface area contributed by atoms with Crippen molar-refractivity contribution in [3.05, 3.63) is 66.9 Å². The van der Waals surface area contributed by atoms with Crippen LogP contribution in [-0.2, 0) is 0 Å². The summed E-state index contributed by atoms with van der Waals surface area (Å²) in [7, 11) is 0. The summed E-state index contributed by atoms with van der Waals surface area (Å²) in [5.41, 5.74) is 2.71. The third kappa shape index (κ3) is 1.76. The molecular weight excluding hydrogens is 224 g/mol. The Morgan fingerprint density at radius 3 is 2.33 bits per heavy atom. The molecule has 0 spiro atoms. The van der Waals surface area contributed by atoms with Crippen LogP contribution in [-0.4, -0.2) is 14.9 Å². The van der Waals surface area contributed by atoms with Crippen molar-refractivity contribution in [2.24, 2.45) is 0 Å². The first-order chi connectivity index (χ1) is 8.86. The topological polar surface area (TPSA) is 38.0 Å². The van der Waals surface area contributed by atoms with Gasteiger partial charge in [0, 0.05) is 5.56 Å². The average Bonchev–Trinajstić information content (AvgIpc) is 2.89. The van der Waals surface area contributed by atoms with Gasteiger partial charge < -0.3 is 5.11 Å². The third-order valence-electron chi connectivity index (χ3n) is 2.82. The molecule has 0 unspecified atom stereocenters. The molecule has 0 aliphatic carbocycles. The number of phenols is 1. The molecule has 2 aromatic carbocycles. The second kappa shape index (κ2) is 4.37. The van der Waals surface area contributed by atoms with Gasteiger partial charge in [0.05, 0.1) is 11.9 Å². The maximum atomic E-state index is 9.89. The highest BCUT2D eigenvalue weighted by Gasteiger charge is 2.09. The number of hydrogen-bond donors (Lipinski definition) is 1. The molecule has 1 aromatic heterocycles. The van der Waals surface area contributed by atoms with E-state index in [0.29, 0.717) is 5.69 Å². The van der Waals surface area contributed by atoms with E-state index in [-0.39, 0.29) is 5.75 Å². The number of aromatic nitrogens is 2. The summed E-state index contributed by atoms with van der Waals surface area (Å²) < 4.78 is 1.74. The van der Waals surface area contributed by atoms with Crippen LogP contribution in [0.3, 0.4) is 0 Å². The maximum Gasteiger partial charge on any atom is 0.141 e. The first-order valence-corrected chi connectivity index (χ1v) is 5.74. The third-order valence-corrected chi connectivity index (χ3v) is 2.82. The van der Waals surface area contributed by atoms with E-state index in [4.69, 9.17) is 0 Å². The van der Waals surface area contributed by atoms with Gasteiger partial charge >= 0.3 is 0 Å². The van der Waals surface area contributed by atoms with E-state index < -0.39 is 0 Å². The van der Waals surface area contributed by atoms with Crippen LogP contribution >= 0.6 is 0 Å². The van der Waals surface area contributed by atoms with Crippen LogP contribution in [0.15, 0.2) is 66.9 Å². The number of hydrogen-bond acceptors (Lipinski definition) is 2. The summed E-state index contributed by atoms with van der Waals surface area (Å²) in [5.74, 6) is 0.221. The Morgan fingerprint density at radius 1 is 0.833 bits per heavy atom. The summed E-state index contributed by atoms with van der Waals surface area (Å²) in [6.45, 7) is 0. The van der Waals surface area contributed by atoms with Crippen LogP contribution in [0.4, 0.5) is 0 Å². The summed E-state index contributed by atoms with van der Waals surface area (Å²) in [6, 6.07) is 19.1. The molecule has 88 valence electrons. The second-order valence-corrected chi connectivity index (χ2v) is 3.98. The van der Waals surface area contributed by atoms with Crippen molar-refractivity contribution < 1.29 is 5.11 Å². The molecule has 0 amide bonds. The van der Waals surface area contributed by atoms with Gasteiger partial charge in [-0.05, 0) is 18.2 Å². The van der Waals surface area contributed by atoms with Gasteiger partial charge in [0.1, 0.15) is 11.4 Å². The molecule has 1 N–H and O–H groups in total. The molecule has 0 aliphatic heterocycles. The van der Waals surface area contributed by atoms with Crippen molar-refractivity contribution in [2.75, 3.05) is 0 Å². The van der Waals surface area contributed by atoms with E-state index in [9.17, 15) is 5.11 Å². The molecular formula is C15H12N2O. The van der Waals surface area contributed by atoms with E-state index in [1.54, 1.807) is 23.0 Å². The monoisotopic (exact) mass is 236 g/mol. The molecule has 1 heterocycles. The van der Waals surface area contributed by atoms with Crippen LogP contribution in [0.1, 0.15) is 0 Å². The normalized spacial score (nSPS) is 10.4. The molecule has 3 rings (SSSR count). The number of aromatic hydroxyl groups is 1. The highest BCUT2D eigenvalue weighted by molar-refractivity contribution is 5.63. The molecule has 0 saturated heterocycles. The zero-order valence-electron chi connectivity index (χ0n) is 9.69. The van der Waals surface area contributed by atoms with E-state index in [0.717, 1.165) is 11.3 Å². The molecule has 0 aliphatic rings. The molecule has 0 atom stereocenters. The maximum absolute atomic E-state index is 9.89. The average molecular weight is 236 g/mol. The summed E-state index contributed by atoms with van der Waals surface area (Å²) in [5, 5.41) is 14.2. The Hall–Kier alpha value is -2.55. The van der Waals surface area contributed by atoms with Crippen LogP contribution in [0.25, 0.3) is 16.9 Å². The molecule has 0 radical (unpaired) electrons. The number of nitrogens with zero attached hydrogens (tertiary/aromatic N) is 2. The van der Waals surface area contributed by atoms with E-state index in [1.165, 1.54) is 0 Å². The highest BCUT2D eigenvalue weighted by atomic mass is 16.3. The molecule has 18 heavy (non-hydrogen) atoms.